The van der Waals surface area contributed by atoms with Crippen LogP contribution in [0, 0.1) is 11.3 Å². The monoisotopic (exact) mass is 188 g/mol. The molecule has 0 aromatic heterocycles. The molecular formula is C9H14F2N2. The molecule has 0 atom stereocenters. The third-order valence-electron chi connectivity index (χ3n) is 2.38. The third-order valence-corrected chi connectivity index (χ3v) is 2.38. The van der Waals surface area contributed by atoms with Crippen molar-refractivity contribution in [3.63, 3.8) is 0 Å². The summed E-state index contributed by atoms with van der Waals surface area (Å²) in [7, 11) is 1.64. The molecule has 1 saturated carbocycles. The van der Waals surface area contributed by atoms with Gasteiger partial charge in [-0.3, -0.25) is 5.41 Å². The first-order chi connectivity index (χ1) is 5.94. The van der Waals surface area contributed by atoms with E-state index in [4.69, 9.17) is 5.41 Å². The SMILES string of the molecule is CNC(=N)/C=C(\C)C1CC(F)(F)C1. The second-order valence-electron chi connectivity index (χ2n) is 3.51. The molecule has 1 aliphatic carbocycles. The predicted octanol–water partition coefficient (Wildman–Crippen LogP) is 2.17. The minimum atomic E-state index is -2.47. The number of hydrogen-bond acceptors (Lipinski definition) is 1. The maximum Gasteiger partial charge on any atom is 0.249 e. The van der Waals surface area contributed by atoms with Gasteiger partial charge in [0.15, 0.2) is 0 Å². The van der Waals surface area contributed by atoms with Gasteiger partial charge in [0.25, 0.3) is 0 Å². The van der Waals surface area contributed by atoms with Gasteiger partial charge in [0.05, 0.1) is 0 Å². The van der Waals surface area contributed by atoms with Crippen molar-refractivity contribution in [2.75, 3.05) is 7.05 Å². The number of amidine groups is 1. The molecule has 0 amide bonds. The lowest BCUT2D eigenvalue weighted by atomic mass is 9.77. The number of nitrogens with one attached hydrogen (secondary N) is 2. The Bertz CT molecular complexity index is 238. The lowest BCUT2D eigenvalue weighted by Crippen LogP contribution is -2.36. The fourth-order valence-electron chi connectivity index (χ4n) is 1.40. The summed E-state index contributed by atoms with van der Waals surface area (Å²) in [5.41, 5.74) is 0.866. The van der Waals surface area contributed by atoms with E-state index in [9.17, 15) is 8.78 Å². The predicted molar refractivity (Wildman–Crippen MR) is 48.2 cm³/mol. The summed E-state index contributed by atoms with van der Waals surface area (Å²) in [5.74, 6) is -2.24. The van der Waals surface area contributed by atoms with Crippen LogP contribution in [-0.2, 0) is 0 Å². The number of alkyl halides is 2. The second-order valence-corrected chi connectivity index (χ2v) is 3.51. The molecule has 0 radical (unpaired) electrons. The Balaban J connectivity index is 2.47. The van der Waals surface area contributed by atoms with Crippen molar-refractivity contribution < 1.29 is 8.78 Å². The van der Waals surface area contributed by atoms with Gasteiger partial charge in [-0.05, 0) is 18.9 Å². The molecule has 1 aliphatic rings. The lowest BCUT2D eigenvalue weighted by Gasteiger charge is -2.35. The highest BCUT2D eigenvalue weighted by atomic mass is 19.3. The van der Waals surface area contributed by atoms with E-state index in [-0.39, 0.29) is 24.6 Å². The molecule has 1 rings (SSSR count). The molecule has 2 N–H and O–H groups in total. The number of likely N-dealkylation sites (N-methyl/N-ethyl adjacent to an activating group) is 1. The summed E-state index contributed by atoms with van der Waals surface area (Å²) < 4.78 is 24.9. The van der Waals surface area contributed by atoms with Gasteiger partial charge in [-0.2, -0.15) is 0 Å². The highest BCUT2D eigenvalue weighted by Gasteiger charge is 2.45. The molecule has 0 unspecified atom stereocenters. The zero-order chi connectivity index (χ0) is 10.1. The van der Waals surface area contributed by atoms with Gasteiger partial charge in [-0.1, -0.05) is 5.57 Å². The van der Waals surface area contributed by atoms with Crippen molar-refractivity contribution in [1.82, 2.24) is 5.32 Å². The Labute approximate surface area is 76.5 Å². The first kappa shape index (κ1) is 10.2. The molecule has 0 aromatic carbocycles. The largest absolute Gasteiger partial charge is 0.374 e. The summed E-state index contributed by atoms with van der Waals surface area (Å²) in [6.07, 6.45) is 1.48. The maximum atomic E-state index is 12.5. The van der Waals surface area contributed by atoms with E-state index in [1.54, 1.807) is 20.0 Å². The fraction of sp³-hybridized carbons (Fsp3) is 0.667. The topological polar surface area (TPSA) is 35.9 Å². The molecule has 4 heteroatoms. The van der Waals surface area contributed by atoms with Crippen molar-refractivity contribution in [3.05, 3.63) is 11.6 Å². The van der Waals surface area contributed by atoms with E-state index in [1.807, 2.05) is 0 Å². The van der Waals surface area contributed by atoms with Crippen LogP contribution in [0.5, 0.6) is 0 Å². The van der Waals surface area contributed by atoms with Gasteiger partial charge in [0.1, 0.15) is 5.84 Å². The second kappa shape index (κ2) is 3.44. The number of hydrogen-bond donors (Lipinski definition) is 2. The van der Waals surface area contributed by atoms with Gasteiger partial charge in [0.2, 0.25) is 5.92 Å². The van der Waals surface area contributed by atoms with Crippen LogP contribution in [0.15, 0.2) is 11.6 Å². The molecular weight excluding hydrogens is 174 g/mol. The molecule has 0 aliphatic heterocycles. The van der Waals surface area contributed by atoms with Gasteiger partial charge < -0.3 is 5.32 Å². The number of allylic oxidation sites excluding steroid dienone is 1. The van der Waals surface area contributed by atoms with E-state index < -0.39 is 5.92 Å². The summed E-state index contributed by atoms with van der Waals surface area (Å²) in [6, 6.07) is 0. The van der Waals surface area contributed by atoms with E-state index >= 15 is 0 Å². The minimum Gasteiger partial charge on any atom is -0.374 e. The number of rotatable bonds is 2. The highest BCUT2D eigenvalue weighted by Crippen LogP contribution is 2.45. The molecule has 74 valence electrons. The fourth-order valence-corrected chi connectivity index (χ4v) is 1.40. The van der Waals surface area contributed by atoms with Crippen LogP contribution in [0.25, 0.3) is 0 Å². The smallest absolute Gasteiger partial charge is 0.249 e. The molecule has 0 spiro atoms. The van der Waals surface area contributed by atoms with E-state index in [0.717, 1.165) is 5.57 Å². The van der Waals surface area contributed by atoms with Crippen molar-refractivity contribution in [3.8, 4) is 0 Å². The highest BCUT2D eigenvalue weighted by molar-refractivity contribution is 5.90. The summed E-state index contributed by atoms with van der Waals surface area (Å²) >= 11 is 0. The van der Waals surface area contributed by atoms with Crippen LogP contribution < -0.4 is 5.32 Å². The summed E-state index contributed by atoms with van der Waals surface area (Å²) in [6.45, 7) is 1.80. The average molecular weight is 188 g/mol. The Morgan fingerprint density at radius 3 is 2.46 bits per heavy atom. The lowest BCUT2D eigenvalue weighted by molar-refractivity contribution is -0.0992. The summed E-state index contributed by atoms with van der Waals surface area (Å²) in [4.78, 5) is 0. The molecule has 0 bridgehead atoms. The van der Waals surface area contributed by atoms with Crippen LogP contribution in [0.1, 0.15) is 19.8 Å². The Kier molecular flexibility index (Phi) is 2.68. The molecule has 13 heavy (non-hydrogen) atoms. The van der Waals surface area contributed by atoms with Crippen LogP contribution in [-0.4, -0.2) is 18.8 Å². The molecule has 0 heterocycles. The standard InChI is InChI=1S/C9H14F2N2/c1-6(3-8(12)13-2)7-4-9(10,11)5-7/h3,7H,4-5H2,1-2H3,(H2,12,13)/b6-3+. The summed E-state index contributed by atoms with van der Waals surface area (Å²) in [5, 5.41) is 9.92. The third kappa shape index (κ3) is 2.50. The van der Waals surface area contributed by atoms with Crippen molar-refractivity contribution in [2.45, 2.75) is 25.7 Å². The Morgan fingerprint density at radius 1 is 1.54 bits per heavy atom. The molecule has 0 saturated heterocycles. The van der Waals surface area contributed by atoms with Gasteiger partial charge in [-0.25, -0.2) is 8.78 Å². The van der Waals surface area contributed by atoms with Gasteiger partial charge >= 0.3 is 0 Å². The van der Waals surface area contributed by atoms with E-state index in [1.165, 1.54) is 0 Å². The zero-order valence-electron chi connectivity index (χ0n) is 7.82. The molecule has 0 aromatic rings. The maximum absolute atomic E-state index is 12.5. The van der Waals surface area contributed by atoms with Gasteiger partial charge in [-0.15, -0.1) is 0 Å². The quantitative estimate of drug-likeness (QED) is 0.505. The van der Waals surface area contributed by atoms with Crippen LogP contribution in [0.2, 0.25) is 0 Å². The first-order valence-corrected chi connectivity index (χ1v) is 4.27. The molecule has 2 nitrogen and oxygen atoms in total. The first-order valence-electron chi connectivity index (χ1n) is 4.27. The zero-order valence-corrected chi connectivity index (χ0v) is 7.82. The normalized spacial score (nSPS) is 22.3. The van der Waals surface area contributed by atoms with Crippen LogP contribution in [0.3, 0.4) is 0 Å². The average Bonchev–Trinajstić information content (AvgIpc) is 1.99. The van der Waals surface area contributed by atoms with Crippen LogP contribution in [0.4, 0.5) is 8.78 Å². The van der Waals surface area contributed by atoms with Crippen molar-refractivity contribution in [1.29, 1.82) is 5.41 Å². The van der Waals surface area contributed by atoms with E-state index in [2.05, 4.69) is 5.32 Å². The van der Waals surface area contributed by atoms with Crippen LogP contribution >= 0.6 is 0 Å². The molecule has 1 fully saturated rings. The van der Waals surface area contributed by atoms with Crippen molar-refractivity contribution >= 4 is 5.84 Å². The van der Waals surface area contributed by atoms with Crippen molar-refractivity contribution in [2.24, 2.45) is 5.92 Å². The minimum absolute atomic E-state index is 0.0382. The Morgan fingerprint density at radius 2 is 2.08 bits per heavy atom. The van der Waals surface area contributed by atoms with Gasteiger partial charge in [0, 0.05) is 19.9 Å². The number of halogens is 2. The Hall–Kier alpha value is -0.930. The van der Waals surface area contributed by atoms with E-state index in [0.29, 0.717) is 0 Å².